The summed E-state index contributed by atoms with van der Waals surface area (Å²) in [6.45, 7) is 0.772. The van der Waals surface area contributed by atoms with Crippen molar-refractivity contribution in [2.45, 2.75) is 19.1 Å². The maximum absolute atomic E-state index is 15.7. The van der Waals surface area contributed by atoms with Gasteiger partial charge in [0.05, 0.1) is 42.5 Å². The second-order valence-electron chi connectivity index (χ2n) is 11.0. The molecule has 1 aliphatic heterocycles. The fraction of sp³-hybridized carbons (Fsp3) is 0.235. The average molecular weight is 655 g/mol. The van der Waals surface area contributed by atoms with Crippen molar-refractivity contribution < 1.29 is 41.7 Å². The molecule has 6 rings (SSSR count). The lowest BCUT2D eigenvalue weighted by Gasteiger charge is -2.22. The number of hydrogen-bond donors (Lipinski definition) is 1. The number of fused-ring (bicyclic) bond motifs is 1. The summed E-state index contributed by atoms with van der Waals surface area (Å²) in [5.74, 6) is -3.95. The van der Waals surface area contributed by atoms with Crippen LogP contribution in [-0.2, 0) is 22.5 Å². The van der Waals surface area contributed by atoms with E-state index in [1.54, 1.807) is 13.2 Å². The molecule has 4 aromatic carbocycles. The van der Waals surface area contributed by atoms with E-state index in [1.807, 2.05) is 4.57 Å². The summed E-state index contributed by atoms with van der Waals surface area (Å²) in [5.41, 5.74) is 1.25. The van der Waals surface area contributed by atoms with Crippen molar-refractivity contribution in [2.75, 3.05) is 26.9 Å². The first kappa shape index (κ1) is 31.5. The van der Waals surface area contributed by atoms with Crippen molar-refractivity contribution in [2.24, 2.45) is 5.92 Å². The second kappa shape index (κ2) is 13.1. The minimum absolute atomic E-state index is 0.00951. The molecule has 0 bridgehead atoms. The molecule has 0 aliphatic carbocycles. The van der Waals surface area contributed by atoms with Crippen LogP contribution in [0.5, 0.6) is 5.75 Å². The van der Waals surface area contributed by atoms with Crippen LogP contribution in [-0.4, -0.2) is 47.6 Å². The highest BCUT2D eigenvalue weighted by molar-refractivity contribution is 6.30. The Hall–Kier alpha value is -4.45. The number of methoxy groups -OCH3 is 1. The van der Waals surface area contributed by atoms with Gasteiger partial charge < -0.3 is 23.9 Å². The normalized spacial score (nSPS) is 16.3. The summed E-state index contributed by atoms with van der Waals surface area (Å²) >= 11 is 5.78. The maximum Gasteiger partial charge on any atom is 0.335 e. The number of benzene rings is 4. The number of carboxylic acid groups (broad SMARTS) is 1. The van der Waals surface area contributed by atoms with Crippen LogP contribution in [0.1, 0.15) is 33.4 Å². The Morgan fingerprint density at radius 1 is 0.957 bits per heavy atom. The molecule has 0 saturated carbocycles. The number of nitrogens with zero attached hydrogens (tertiary/aromatic N) is 2. The summed E-state index contributed by atoms with van der Waals surface area (Å²) in [4.78, 5) is 16.4. The monoisotopic (exact) mass is 654 g/mol. The third-order valence-corrected chi connectivity index (χ3v) is 8.25. The molecule has 2 heterocycles. The van der Waals surface area contributed by atoms with Crippen LogP contribution in [0.2, 0.25) is 5.02 Å². The van der Waals surface area contributed by atoms with Crippen LogP contribution in [0.25, 0.3) is 22.2 Å². The zero-order chi connectivity index (χ0) is 32.5. The van der Waals surface area contributed by atoms with Crippen molar-refractivity contribution in [1.82, 2.24) is 9.55 Å². The zero-order valence-corrected chi connectivity index (χ0v) is 25.2. The quantitative estimate of drug-likeness (QED) is 0.156. The van der Waals surface area contributed by atoms with E-state index >= 15 is 8.78 Å². The van der Waals surface area contributed by atoms with E-state index in [2.05, 4.69) is 4.98 Å². The van der Waals surface area contributed by atoms with Gasteiger partial charge in [-0.05, 0) is 65.7 Å². The first-order valence-electron chi connectivity index (χ1n) is 14.3. The second-order valence-corrected chi connectivity index (χ2v) is 11.4. The Labute approximate surface area is 265 Å². The zero-order valence-electron chi connectivity index (χ0n) is 24.4. The van der Waals surface area contributed by atoms with E-state index in [9.17, 15) is 18.7 Å². The molecule has 2 atom stereocenters. The Balaban J connectivity index is 1.32. The van der Waals surface area contributed by atoms with Gasteiger partial charge in [-0.3, -0.25) is 0 Å². The van der Waals surface area contributed by atoms with Gasteiger partial charge in [-0.15, -0.1) is 0 Å². The minimum atomic E-state index is -1.11. The van der Waals surface area contributed by atoms with E-state index in [-0.39, 0.29) is 63.6 Å². The highest BCUT2D eigenvalue weighted by Crippen LogP contribution is 2.35. The smallest absolute Gasteiger partial charge is 0.335 e. The molecule has 1 saturated heterocycles. The number of carboxylic acids is 1. The third kappa shape index (κ3) is 6.31. The number of hydrogen-bond acceptors (Lipinski definition) is 5. The van der Waals surface area contributed by atoms with Crippen LogP contribution in [0.4, 0.5) is 17.6 Å². The van der Waals surface area contributed by atoms with Gasteiger partial charge in [-0.1, -0.05) is 23.7 Å². The molecule has 0 unspecified atom stereocenters. The van der Waals surface area contributed by atoms with Gasteiger partial charge in [0.25, 0.3) is 0 Å². The van der Waals surface area contributed by atoms with Crippen LogP contribution >= 0.6 is 11.6 Å². The summed E-state index contributed by atoms with van der Waals surface area (Å²) in [6, 6.07) is 13.9. The molecule has 0 amide bonds. The summed E-state index contributed by atoms with van der Waals surface area (Å²) in [6.07, 6.45) is -0.110. The van der Waals surface area contributed by atoms with Crippen molar-refractivity contribution in [3.8, 4) is 16.9 Å². The molecular formula is C34H27ClF4N2O5. The molecule has 0 radical (unpaired) electrons. The highest BCUT2D eigenvalue weighted by atomic mass is 35.5. The Bertz CT molecular complexity index is 1950. The predicted octanol–water partition coefficient (Wildman–Crippen LogP) is 7.62. The molecule has 1 aromatic heterocycles. The molecule has 5 aromatic rings. The lowest BCUT2D eigenvalue weighted by Crippen LogP contribution is -2.23. The standard InChI is InChI=1S/C34H27ClF4N2O5/c1-44-14-22-15-45-17-31(22)41-30-9-19(34(42)43)4-7-29(30)40-33(41)11-21-8-28(39)24(13-27(21)38)18-3-6-25(36)32(10-18)46-16-20-2-5-23(35)12-26(20)37/h2-10,12-13,22,31H,11,14-17H2,1H3,(H,42,43)/t22-,31+/m0/s1. The number of aromatic carboxylic acids is 1. The lowest BCUT2D eigenvalue weighted by molar-refractivity contribution is 0.0697. The van der Waals surface area contributed by atoms with E-state index < -0.39 is 29.2 Å². The van der Waals surface area contributed by atoms with Crippen LogP contribution < -0.4 is 4.74 Å². The minimum Gasteiger partial charge on any atom is -0.486 e. The number of rotatable bonds is 10. The molecule has 7 nitrogen and oxygen atoms in total. The molecule has 238 valence electrons. The van der Waals surface area contributed by atoms with Crippen LogP contribution in [0.15, 0.2) is 66.7 Å². The first-order valence-corrected chi connectivity index (χ1v) is 14.7. The van der Waals surface area contributed by atoms with Crippen molar-refractivity contribution >= 4 is 28.6 Å². The van der Waals surface area contributed by atoms with Crippen LogP contribution in [0.3, 0.4) is 0 Å². The Morgan fingerprint density at radius 3 is 2.52 bits per heavy atom. The fourth-order valence-electron chi connectivity index (χ4n) is 5.71. The first-order chi connectivity index (χ1) is 22.1. The SMILES string of the molecule is COC[C@H]1COC[C@H]1n1c(Cc2cc(F)c(-c3ccc(F)c(OCc4ccc(Cl)cc4F)c3)cc2F)nc2ccc(C(=O)O)cc21. The van der Waals surface area contributed by atoms with E-state index in [4.69, 9.17) is 25.8 Å². The van der Waals surface area contributed by atoms with Gasteiger partial charge in [0.1, 0.15) is 29.9 Å². The van der Waals surface area contributed by atoms with Gasteiger partial charge >= 0.3 is 5.97 Å². The molecule has 1 N–H and O–H groups in total. The summed E-state index contributed by atoms with van der Waals surface area (Å²) in [7, 11) is 1.57. The summed E-state index contributed by atoms with van der Waals surface area (Å²) < 4.78 is 78.4. The van der Waals surface area contributed by atoms with Crippen molar-refractivity contribution in [1.29, 1.82) is 0 Å². The highest BCUT2D eigenvalue weighted by Gasteiger charge is 2.33. The van der Waals surface area contributed by atoms with Crippen LogP contribution in [0, 0.1) is 29.2 Å². The Morgan fingerprint density at radius 2 is 1.76 bits per heavy atom. The van der Waals surface area contributed by atoms with Gasteiger partial charge in [-0.2, -0.15) is 0 Å². The number of ether oxygens (including phenoxy) is 3. The Kier molecular flexibility index (Phi) is 8.99. The third-order valence-electron chi connectivity index (χ3n) is 8.01. The number of carbonyl (C=O) groups is 1. The lowest BCUT2D eigenvalue weighted by atomic mass is 10.00. The fourth-order valence-corrected chi connectivity index (χ4v) is 5.87. The van der Waals surface area contributed by atoms with E-state index in [0.29, 0.717) is 36.7 Å². The largest absolute Gasteiger partial charge is 0.486 e. The molecule has 46 heavy (non-hydrogen) atoms. The van der Waals surface area contributed by atoms with E-state index in [0.717, 1.165) is 24.3 Å². The molecular weight excluding hydrogens is 628 g/mol. The molecule has 1 aliphatic rings. The van der Waals surface area contributed by atoms with Crippen molar-refractivity contribution in [3.63, 3.8) is 0 Å². The van der Waals surface area contributed by atoms with Crippen molar-refractivity contribution in [3.05, 3.63) is 118 Å². The van der Waals surface area contributed by atoms with E-state index in [1.165, 1.54) is 36.4 Å². The topological polar surface area (TPSA) is 82.8 Å². The number of halogens is 5. The molecule has 0 spiro atoms. The summed E-state index contributed by atoms with van der Waals surface area (Å²) in [5, 5.41) is 9.78. The average Bonchev–Trinajstić information content (AvgIpc) is 3.62. The maximum atomic E-state index is 15.7. The number of imidazole rings is 1. The molecule has 12 heteroatoms. The molecule has 1 fully saturated rings. The number of aromatic nitrogens is 2. The van der Waals surface area contributed by atoms with Gasteiger partial charge in [0.2, 0.25) is 0 Å². The predicted molar refractivity (Wildman–Crippen MR) is 162 cm³/mol. The van der Waals surface area contributed by atoms with Gasteiger partial charge in [-0.25, -0.2) is 27.3 Å². The van der Waals surface area contributed by atoms with Gasteiger partial charge in [0.15, 0.2) is 11.6 Å². The van der Waals surface area contributed by atoms with Gasteiger partial charge in [0, 0.05) is 35.6 Å².